The average molecular weight is 246 g/mol. The maximum atomic E-state index is 5.75. The van der Waals surface area contributed by atoms with Gasteiger partial charge in [0.15, 0.2) is 5.82 Å². The Bertz CT molecular complexity index is 504. The van der Waals surface area contributed by atoms with Crippen molar-refractivity contribution in [2.45, 2.75) is 26.8 Å². The molecule has 0 saturated carbocycles. The van der Waals surface area contributed by atoms with E-state index in [4.69, 9.17) is 10.5 Å². The number of hydrogen-bond acceptors (Lipinski definition) is 4. The summed E-state index contributed by atoms with van der Waals surface area (Å²) in [6.45, 7) is 5.38. The SMILES string of the molecule is CCOc1ccc(Cn2nnc(N)c2CC)cc1. The van der Waals surface area contributed by atoms with Crippen LogP contribution in [-0.4, -0.2) is 21.6 Å². The van der Waals surface area contributed by atoms with Crippen LogP contribution in [0.1, 0.15) is 25.1 Å². The molecule has 0 bridgehead atoms. The van der Waals surface area contributed by atoms with E-state index in [1.807, 2.05) is 42.8 Å². The fraction of sp³-hybridized carbons (Fsp3) is 0.385. The highest BCUT2D eigenvalue weighted by atomic mass is 16.5. The van der Waals surface area contributed by atoms with Crippen molar-refractivity contribution in [1.82, 2.24) is 15.0 Å². The van der Waals surface area contributed by atoms with E-state index >= 15 is 0 Å². The maximum absolute atomic E-state index is 5.75. The fourth-order valence-corrected chi connectivity index (χ4v) is 1.87. The zero-order chi connectivity index (χ0) is 13.0. The Morgan fingerprint density at radius 1 is 1.22 bits per heavy atom. The Morgan fingerprint density at radius 2 is 1.94 bits per heavy atom. The summed E-state index contributed by atoms with van der Waals surface area (Å²) in [6.07, 6.45) is 0.829. The molecule has 1 aromatic carbocycles. The molecule has 0 aliphatic heterocycles. The standard InChI is InChI=1S/C13H18N4O/c1-3-12-13(14)15-16-17(12)9-10-5-7-11(8-6-10)18-4-2/h5-8H,3-4,9,14H2,1-2H3. The van der Waals surface area contributed by atoms with Gasteiger partial charge in [0.05, 0.1) is 18.8 Å². The minimum absolute atomic E-state index is 0.517. The van der Waals surface area contributed by atoms with Crippen LogP contribution in [0.2, 0.25) is 0 Å². The molecule has 0 aliphatic carbocycles. The van der Waals surface area contributed by atoms with Crippen molar-refractivity contribution in [3.8, 4) is 5.75 Å². The number of nitrogen functional groups attached to an aromatic ring is 1. The summed E-state index contributed by atoms with van der Waals surface area (Å²) in [5.74, 6) is 1.40. The fourth-order valence-electron chi connectivity index (χ4n) is 1.87. The predicted octanol–water partition coefficient (Wildman–Crippen LogP) is 1.87. The molecule has 0 saturated heterocycles. The van der Waals surface area contributed by atoms with E-state index in [2.05, 4.69) is 10.3 Å². The number of nitrogens with zero attached hydrogens (tertiary/aromatic N) is 3. The zero-order valence-electron chi connectivity index (χ0n) is 10.8. The summed E-state index contributed by atoms with van der Waals surface area (Å²) in [5, 5.41) is 7.95. The first-order chi connectivity index (χ1) is 8.74. The minimum Gasteiger partial charge on any atom is -0.494 e. The first-order valence-corrected chi connectivity index (χ1v) is 6.14. The molecule has 0 unspecified atom stereocenters. The molecular weight excluding hydrogens is 228 g/mol. The molecule has 1 aromatic heterocycles. The van der Waals surface area contributed by atoms with Crippen molar-refractivity contribution >= 4 is 5.82 Å². The molecule has 0 atom stereocenters. The van der Waals surface area contributed by atoms with E-state index in [-0.39, 0.29) is 0 Å². The number of anilines is 1. The van der Waals surface area contributed by atoms with Crippen LogP contribution in [0, 0.1) is 0 Å². The van der Waals surface area contributed by atoms with E-state index in [1.165, 1.54) is 0 Å². The summed E-state index contributed by atoms with van der Waals surface area (Å²) >= 11 is 0. The van der Waals surface area contributed by atoms with Gasteiger partial charge in [-0.25, -0.2) is 4.68 Å². The topological polar surface area (TPSA) is 66.0 Å². The number of nitrogens with two attached hydrogens (primary N) is 1. The normalized spacial score (nSPS) is 10.6. The molecule has 2 aromatic rings. The highest BCUT2D eigenvalue weighted by Gasteiger charge is 2.08. The smallest absolute Gasteiger partial charge is 0.169 e. The number of benzene rings is 1. The third-order valence-corrected chi connectivity index (χ3v) is 2.77. The third kappa shape index (κ3) is 2.61. The van der Waals surface area contributed by atoms with Gasteiger partial charge >= 0.3 is 0 Å². The van der Waals surface area contributed by atoms with Gasteiger partial charge in [-0.3, -0.25) is 0 Å². The third-order valence-electron chi connectivity index (χ3n) is 2.77. The van der Waals surface area contributed by atoms with Gasteiger partial charge in [0.1, 0.15) is 5.75 Å². The molecule has 5 nitrogen and oxygen atoms in total. The highest BCUT2D eigenvalue weighted by molar-refractivity contribution is 5.34. The van der Waals surface area contributed by atoms with Crippen LogP contribution in [0.15, 0.2) is 24.3 Å². The zero-order valence-corrected chi connectivity index (χ0v) is 10.8. The summed E-state index contributed by atoms with van der Waals surface area (Å²) in [6, 6.07) is 7.99. The van der Waals surface area contributed by atoms with E-state index in [0.29, 0.717) is 19.0 Å². The van der Waals surface area contributed by atoms with Crippen molar-refractivity contribution in [3.05, 3.63) is 35.5 Å². The Kier molecular flexibility index (Phi) is 3.82. The van der Waals surface area contributed by atoms with Crippen LogP contribution in [-0.2, 0) is 13.0 Å². The van der Waals surface area contributed by atoms with Crippen molar-refractivity contribution in [1.29, 1.82) is 0 Å². The van der Waals surface area contributed by atoms with Gasteiger partial charge in [-0.15, -0.1) is 5.10 Å². The lowest BCUT2D eigenvalue weighted by Crippen LogP contribution is -2.06. The maximum Gasteiger partial charge on any atom is 0.169 e. The van der Waals surface area contributed by atoms with Gasteiger partial charge < -0.3 is 10.5 Å². The highest BCUT2D eigenvalue weighted by Crippen LogP contribution is 2.15. The van der Waals surface area contributed by atoms with Gasteiger partial charge in [-0.1, -0.05) is 24.3 Å². The number of rotatable bonds is 5. The van der Waals surface area contributed by atoms with Gasteiger partial charge in [0.25, 0.3) is 0 Å². The lowest BCUT2D eigenvalue weighted by atomic mass is 10.2. The van der Waals surface area contributed by atoms with Crippen molar-refractivity contribution in [3.63, 3.8) is 0 Å². The van der Waals surface area contributed by atoms with E-state index in [9.17, 15) is 0 Å². The Labute approximate surface area is 107 Å². The molecule has 2 N–H and O–H groups in total. The molecular formula is C13H18N4O. The predicted molar refractivity (Wildman–Crippen MR) is 70.5 cm³/mol. The molecule has 0 aliphatic rings. The van der Waals surface area contributed by atoms with Crippen LogP contribution in [0.4, 0.5) is 5.82 Å². The van der Waals surface area contributed by atoms with Gasteiger partial charge in [0.2, 0.25) is 0 Å². The van der Waals surface area contributed by atoms with E-state index in [1.54, 1.807) is 0 Å². The molecule has 1 heterocycles. The number of hydrogen-bond donors (Lipinski definition) is 1. The molecule has 5 heteroatoms. The summed E-state index contributed by atoms with van der Waals surface area (Å²) in [7, 11) is 0. The molecule has 0 radical (unpaired) electrons. The van der Waals surface area contributed by atoms with Crippen LogP contribution >= 0.6 is 0 Å². The number of aromatic nitrogens is 3. The second kappa shape index (κ2) is 5.53. The van der Waals surface area contributed by atoms with E-state index < -0.39 is 0 Å². The molecule has 0 spiro atoms. The average Bonchev–Trinajstić information content (AvgIpc) is 2.72. The van der Waals surface area contributed by atoms with Crippen LogP contribution in [0.3, 0.4) is 0 Å². The largest absolute Gasteiger partial charge is 0.494 e. The Hall–Kier alpha value is -2.04. The van der Waals surface area contributed by atoms with Crippen LogP contribution in [0.25, 0.3) is 0 Å². The first-order valence-electron chi connectivity index (χ1n) is 6.14. The summed E-state index contributed by atoms with van der Waals surface area (Å²) in [4.78, 5) is 0. The van der Waals surface area contributed by atoms with Gasteiger partial charge in [0, 0.05) is 0 Å². The lowest BCUT2D eigenvalue weighted by molar-refractivity contribution is 0.340. The van der Waals surface area contributed by atoms with Crippen LogP contribution < -0.4 is 10.5 Å². The summed E-state index contributed by atoms with van der Waals surface area (Å²) in [5.41, 5.74) is 7.88. The molecule has 18 heavy (non-hydrogen) atoms. The molecule has 0 fully saturated rings. The molecule has 0 amide bonds. The minimum atomic E-state index is 0.517. The summed E-state index contributed by atoms with van der Waals surface area (Å²) < 4.78 is 7.24. The number of ether oxygens (including phenoxy) is 1. The van der Waals surface area contributed by atoms with Crippen molar-refractivity contribution in [2.75, 3.05) is 12.3 Å². The van der Waals surface area contributed by atoms with Gasteiger partial charge in [-0.2, -0.15) is 0 Å². The second-order valence-corrected chi connectivity index (χ2v) is 4.01. The second-order valence-electron chi connectivity index (χ2n) is 4.01. The quantitative estimate of drug-likeness (QED) is 0.874. The Morgan fingerprint density at radius 3 is 2.56 bits per heavy atom. The first kappa shape index (κ1) is 12.4. The lowest BCUT2D eigenvalue weighted by Gasteiger charge is -2.07. The van der Waals surface area contributed by atoms with Gasteiger partial charge in [-0.05, 0) is 31.0 Å². The molecule has 96 valence electrons. The monoisotopic (exact) mass is 246 g/mol. The Balaban J connectivity index is 2.13. The van der Waals surface area contributed by atoms with E-state index in [0.717, 1.165) is 23.4 Å². The van der Waals surface area contributed by atoms with Crippen LogP contribution in [0.5, 0.6) is 5.75 Å². The van der Waals surface area contributed by atoms with Crippen molar-refractivity contribution < 1.29 is 4.74 Å². The molecule has 2 rings (SSSR count). The van der Waals surface area contributed by atoms with Crippen molar-refractivity contribution in [2.24, 2.45) is 0 Å².